The summed E-state index contributed by atoms with van der Waals surface area (Å²) in [5.41, 5.74) is 0.843. The fourth-order valence-corrected chi connectivity index (χ4v) is 2.80. The zero-order valence-electron chi connectivity index (χ0n) is 11.9. The number of amides is 1. The van der Waals surface area contributed by atoms with Crippen molar-refractivity contribution in [1.29, 1.82) is 0 Å². The molecule has 1 atom stereocenters. The lowest BCUT2D eigenvalue weighted by molar-refractivity contribution is -0.118. The second-order valence-electron chi connectivity index (χ2n) is 5.86. The van der Waals surface area contributed by atoms with E-state index in [9.17, 15) is 4.79 Å². The number of hydrogen-bond acceptors (Lipinski definition) is 4. The Hall–Kier alpha value is -1.95. The minimum absolute atomic E-state index is 0.0215. The van der Waals surface area contributed by atoms with Gasteiger partial charge in [-0.05, 0) is 32.9 Å². The summed E-state index contributed by atoms with van der Waals surface area (Å²) in [6.45, 7) is 7.16. The molecule has 0 saturated carbocycles. The maximum Gasteiger partial charge on any atom is 0.257 e. The summed E-state index contributed by atoms with van der Waals surface area (Å²) >= 11 is 0. The fourth-order valence-electron chi connectivity index (χ4n) is 2.80. The summed E-state index contributed by atoms with van der Waals surface area (Å²) in [5.74, 6) is -0.0215. The second kappa shape index (κ2) is 4.56. The average molecular weight is 274 g/mol. The minimum atomic E-state index is -0.327. The molecule has 0 radical (unpaired) electrons. The average Bonchev–Trinajstić information content (AvgIpc) is 2.83. The Morgan fingerprint density at radius 1 is 1.50 bits per heavy atom. The lowest BCUT2D eigenvalue weighted by atomic mass is 10.0. The van der Waals surface area contributed by atoms with Crippen LogP contribution in [0.5, 0.6) is 0 Å². The molecule has 106 valence electrons. The molecule has 0 aromatic carbocycles. The molecule has 0 bridgehead atoms. The van der Waals surface area contributed by atoms with Gasteiger partial charge >= 0.3 is 0 Å². The van der Waals surface area contributed by atoms with Crippen molar-refractivity contribution in [3.8, 4) is 0 Å². The molecule has 0 N–H and O–H groups in total. The number of nitrogens with zero attached hydrogens (tertiary/aromatic N) is 4. The van der Waals surface area contributed by atoms with Crippen molar-refractivity contribution in [2.75, 3.05) is 13.1 Å². The molecule has 0 spiro atoms. The van der Waals surface area contributed by atoms with Crippen molar-refractivity contribution in [3.63, 3.8) is 0 Å². The number of ether oxygens (including phenoxy) is 1. The van der Waals surface area contributed by atoms with Gasteiger partial charge in [0.15, 0.2) is 5.65 Å². The topological polar surface area (TPSA) is 59.7 Å². The van der Waals surface area contributed by atoms with Gasteiger partial charge in [0.25, 0.3) is 5.91 Å². The van der Waals surface area contributed by atoms with Crippen LogP contribution in [0.2, 0.25) is 0 Å². The van der Waals surface area contributed by atoms with Crippen LogP contribution in [0.1, 0.15) is 31.1 Å². The fraction of sp³-hybridized carbons (Fsp3) is 0.500. The zero-order chi connectivity index (χ0) is 14.3. The molecular formula is C14H18N4O2. The van der Waals surface area contributed by atoms with Crippen molar-refractivity contribution in [3.05, 3.63) is 30.2 Å². The molecule has 3 rings (SSSR count). The summed E-state index contributed by atoms with van der Waals surface area (Å²) in [6, 6.07) is 3.62. The molecule has 1 aliphatic rings. The molecule has 6 nitrogen and oxygen atoms in total. The number of fused-ring (bicyclic) bond motifs is 1. The first-order valence-electron chi connectivity index (χ1n) is 6.72. The molecule has 1 fully saturated rings. The number of hydrogen-bond donors (Lipinski definition) is 0. The molecule has 6 heteroatoms. The molecule has 1 amide bonds. The van der Waals surface area contributed by atoms with E-state index in [1.165, 1.54) is 0 Å². The van der Waals surface area contributed by atoms with Crippen molar-refractivity contribution in [2.24, 2.45) is 0 Å². The quantitative estimate of drug-likeness (QED) is 0.788. The first-order chi connectivity index (χ1) is 9.46. The van der Waals surface area contributed by atoms with Gasteiger partial charge in [0.2, 0.25) is 0 Å². The number of carbonyl (C=O) groups excluding carboxylic acids is 1. The van der Waals surface area contributed by atoms with Crippen molar-refractivity contribution < 1.29 is 9.53 Å². The Labute approximate surface area is 117 Å². The van der Waals surface area contributed by atoms with E-state index in [2.05, 4.69) is 10.2 Å². The Bertz CT molecular complexity index is 649. The van der Waals surface area contributed by atoms with Gasteiger partial charge < -0.3 is 9.64 Å². The second-order valence-corrected chi connectivity index (χ2v) is 5.86. The number of rotatable bonds is 1. The van der Waals surface area contributed by atoms with E-state index >= 15 is 0 Å². The molecular weight excluding hydrogens is 256 g/mol. The van der Waals surface area contributed by atoms with Crippen LogP contribution in [-0.2, 0) is 4.74 Å². The molecule has 0 aliphatic carbocycles. The van der Waals surface area contributed by atoms with Gasteiger partial charge in [-0.1, -0.05) is 0 Å². The van der Waals surface area contributed by atoms with Gasteiger partial charge in [-0.2, -0.15) is 0 Å². The molecule has 3 heterocycles. The van der Waals surface area contributed by atoms with Gasteiger partial charge in [0.05, 0.1) is 17.3 Å². The van der Waals surface area contributed by atoms with Crippen LogP contribution in [0, 0.1) is 0 Å². The van der Waals surface area contributed by atoms with E-state index in [-0.39, 0.29) is 17.6 Å². The van der Waals surface area contributed by atoms with Crippen molar-refractivity contribution >= 4 is 11.6 Å². The zero-order valence-corrected chi connectivity index (χ0v) is 11.9. The Morgan fingerprint density at radius 2 is 2.30 bits per heavy atom. The molecule has 2 aromatic heterocycles. The first-order valence-corrected chi connectivity index (χ1v) is 6.72. The van der Waals surface area contributed by atoms with Crippen LogP contribution in [0.15, 0.2) is 24.7 Å². The first kappa shape index (κ1) is 13.1. The molecule has 20 heavy (non-hydrogen) atoms. The maximum atomic E-state index is 12.7. The van der Waals surface area contributed by atoms with Gasteiger partial charge in [0, 0.05) is 19.3 Å². The number of morpholine rings is 1. The van der Waals surface area contributed by atoms with Gasteiger partial charge in [-0.25, -0.2) is 0 Å². The van der Waals surface area contributed by atoms with E-state index in [0.717, 1.165) is 0 Å². The van der Waals surface area contributed by atoms with Crippen LogP contribution in [0.25, 0.3) is 5.65 Å². The maximum absolute atomic E-state index is 12.7. The monoisotopic (exact) mass is 274 g/mol. The summed E-state index contributed by atoms with van der Waals surface area (Å²) in [6.07, 6.45) is 3.45. The summed E-state index contributed by atoms with van der Waals surface area (Å²) in [7, 11) is 0. The summed E-state index contributed by atoms with van der Waals surface area (Å²) < 4.78 is 7.59. The van der Waals surface area contributed by atoms with Gasteiger partial charge in [0.1, 0.15) is 6.33 Å². The van der Waals surface area contributed by atoms with E-state index in [1.54, 1.807) is 16.8 Å². The van der Waals surface area contributed by atoms with E-state index in [1.807, 2.05) is 37.9 Å². The predicted octanol–water partition coefficient (Wildman–Crippen LogP) is 1.37. The summed E-state index contributed by atoms with van der Waals surface area (Å²) in [5, 5.41) is 7.87. The van der Waals surface area contributed by atoms with Gasteiger partial charge in [-0.3, -0.25) is 9.20 Å². The number of aromatic nitrogens is 3. The van der Waals surface area contributed by atoms with Crippen LogP contribution >= 0.6 is 0 Å². The predicted molar refractivity (Wildman–Crippen MR) is 73.5 cm³/mol. The lowest BCUT2D eigenvalue weighted by Crippen LogP contribution is -2.53. The third-order valence-electron chi connectivity index (χ3n) is 3.41. The Balaban J connectivity index is 1.94. The highest BCUT2D eigenvalue weighted by Gasteiger charge is 2.34. The molecule has 2 aromatic rings. The normalized spacial score (nSPS) is 22.1. The van der Waals surface area contributed by atoms with Crippen molar-refractivity contribution in [1.82, 2.24) is 19.5 Å². The molecule has 1 aliphatic heterocycles. The SMILES string of the molecule is CC1CN(C(=O)c2cccn3cnnc23)CC(C)(C)O1. The van der Waals surface area contributed by atoms with Crippen LogP contribution in [0.4, 0.5) is 0 Å². The van der Waals surface area contributed by atoms with Crippen LogP contribution < -0.4 is 0 Å². The highest BCUT2D eigenvalue weighted by atomic mass is 16.5. The highest BCUT2D eigenvalue weighted by Crippen LogP contribution is 2.23. The number of carbonyl (C=O) groups is 1. The van der Waals surface area contributed by atoms with E-state index in [4.69, 9.17) is 4.74 Å². The lowest BCUT2D eigenvalue weighted by Gasteiger charge is -2.41. The van der Waals surface area contributed by atoms with Crippen molar-refractivity contribution in [2.45, 2.75) is 32.5 Å². The smallest absolute Gasteiger partial charge is 0.257 e. The van der Waals surface area contributed by atoms with Crippen LogP contribution in [-0.4, -0.2) is 50.2 Å². The highest BCUT2D eigenvalue weighted by molar-refractivity contribution is 5.99. The standard InChI is InChI=1S/C14H18N4O2/c1-10-7-18(8-14(2,3)20-10)13(19)11-5-4-6-17-9-15-16-12(11)17/h4-6,9-10H,7-8H2,1-3H3. The van der Waals surface area contributed by atoms with E-state index < -0.39 is 0 Å². The third-order valence-corrected chi connectivity index (χ3v) is 3.41. The minimum Gasteiger partial charge on any atom is -0.369 e. The number of pyridine rings is 1. The Morgan fingerprint density at radius 3 is 3.05 bits per heavy atom. The van der Waals surface area contributed by atoms with Crippen LogP contribution in [0.3, 0.4) is 0 Å². The molecule has 1 saturated heterocycles. The van der Waals surface area contributed by atoms with E-state index in [0.29, 0.717) is 24.3 Å². The largest absolute Gasteiger partial charge is 0.369 e. The van der Waals surface area contributed by atoms with Gasteiger partial charge in [-0.15, -0.1) is 10.2 Å². The Kier molecular flexibility index (Phi) is 2.97. The molecule has 1 unspecified atom stereocenters. The third kappa shape index (κ3) is 2.27. The summed E-state index contributed by atoms with van der Waals surface area (Å²) in [4.78, 5) is 14.6.